The van der Waals surface area contributed by atoms with Crippen molar-refractivity contribution in [1.82, 2.24) is 0 Å². The van der Waals surface area contributed by atoms with Gasteiger partial charge in [0.15, 0.2) is 0 Å². The van der Waals surface area contributed by atoms with E-state index < -0.39 is 10.0 Å². The molecule has 7 nitrogen and oxygen atoms in total. The fourth-order valence-corrected chi connectivity index (χ4v) is 5.50. The zero-order valence-corrected chi connectivity index (χ0v) is 18.0. The van der Waals surface area contributed by atoms with Gasteiger partial charge in [0, 0.05) is 24.2 Å². The summed E-state index contributed by atoms with van der Waals surface area (Å²) in [6.07, 6.45) is 4.85. The molecule has 1 aliphatic heterocycles. The van der Waals surface area contributed by atoms with E-state index in [0.717, 1.165) is 43.4 Å². The van der Waals surface area contributed by atoms with Gasteiger partial charge in [0.1, 0.15) is 16.4 Å². The van der Waals surface area contributed by atoms with Crippen LogP contribution in [0.2, 0.25) is 0 Å². The molecule has 0 saturated heterocycles. The number of nitrogens with one attached hydrogen (secondary N) is 1. The molecule has 8 heteroatoms. The number of amides is 1. The van der Waals surface area contributed by atoms with Crippen molar-refractivity contribution in [3.05, 3.63) is 42.0 Å². The first-order chi connectivity index (χ1) is 14.4. The molecular weight excluding hydrogens is 404 g/mol. The predicted octanol–water partition coefficient (Wildman–Crippen LogP) is 3.58. The summed E-state index contributed by atoms with van der Waals surface area (Å²) in [5.74, 6) is 0.874. The molecule has 1 saturated carbocycles. The number of anilines is 2. The number of hydrogen-bond acceptors (Lipinski definition) is 5. The lowest BCUT2D eigenvalue weighted by Gasteiger charge is -2.22. The molecule has 160 valence electrons. The van der Waals surface area contributed by atoms with Crippen LogP contribution in [-0.2, 0) is 21.2 Å². The first-order valence-corrected chi connectivity index (χ1v) is 11.6. The molecule has 0 unspecified atom stereocenters. The van der Waals surface area contributed by atoms with E-state index in [0.29, 0.717) is 18.0 Å². The summed E-state index contributed by atoms with van der Waals surface area (Å²) in [5, 5.41) is 0. The summed E-state index contributed by atoms with van der Waals surface area (Å²) in [6, 6.07) is 9.98. The Morgan fingerprint density at radius 2 is 1.83 bits per heavy atom. The van der Waals surface area contributed by atoms with Gasteiger partial charge in [-0.05, 0) is 49.1 Å². The van der Waals surface area contributed by atoms with Gasteiger partial charge in [-0.2, -0.15) is 0 Å². The molecule has 2 aromatic rings. The second kappa shape index (κ2) is 8.18. The maximum atomic E-state index is 13.0. The van der Waals surface area contributed by atoms with E-state index >= 15 is 0 Å². The Kier molecular flexibility index (Phi) is 5.60. The molecule has 1 aliphatic carbocycles. The number of rotatable bonds is 6. The summed E-state index contributed by atoms with van der Waals surface area (Å²) in [7, 11) is -1.02. The molecule has 1 N–H and O–H groups in total. The topological polar surface area (TPSA) is 84.9 Å². The van der Waals surface area contributed by atoms with E-state index in [1.807, 2.05) is 11.0 Å². The maximum absolute atomic E-state index is 13.0. The fraction of sp³-hybridized carbons (Fsp3) is 0.409. The van der Waals surface area contributed by atoms with Gasteiger partial charge in [-0.25, -0.2) is 8.42 Å². The number of fused-ring (bicyclic) bond motifs is 1. The highest BCUT2D eigenvalue weighted by atomic mass is 32.2. The number of carbonyl (C=O) groups excluding carboxylic acids is 1. The van der Waals surface area contributed by atoms with Crippen LogP contribution in [0.25, 0.3) is 0 Å². The average molecular weight is 431 g/mol. The molecular formula is C22H26N2O5S. The van der Waals surface area contributed by atoms with Crippen molar-refractivity contribution in [2.45, 2.75) is 37.0 Å². The van der Waals surface area contributed by atoms with E-state index in [1.165, 1.54) is 20.3 Å². The van der Waals surface area contributed by atoms with Crippen molar-refractivity contribution >= 4 is 27.3 Å². The largest absolute Gasteiger partial charge is 0.497 e. The van der Waals surface area contributed by atoms with Gasteiger partial charge in [-0.3, -0.25) is 9.52 Å². The van der Waals surface area contributed by atoms with Gasteiger partial charge < -0.3 is 14.4 Å². The Balaban J connectivity index is 1.62. The van der Waals surface area contributed by atoms with E-state index in [4.69, 9.17) is 9.47 Å². The van der Waals surface area contributed by atoms with Crippen LogP contribution >= 0.6 is 0 Å². The Hall–Kier alpha value is -2.74. The van der Waals surface area contributed by atoms with Crippen LogP contribution in [0, 0.1) is 5.92 Å². The quantitative estimate of drug-likeness (QED) is 0.757. The minimum atomic E-state index is -3.92. The molecule has 2 aromatic carbocycles. The van der Waals surface area contributed by atoms with Crippen LogP contribution in [0.15, 0.2) is 41.3 Å². The predicted molar refractivity (Wildman–Crippen MR) is 115 cm³/mol. The second-order valence-corrected chi connectivity index (χ2v) is 9.34. The van der Waals surface area contributed by atoms with Crippen molar-refractivity contribution in [3.8, 4) is 11.5 Å². The van der Waals surface area contributed by atoms with Gasteiger partial charge in [0.25, 0.3) is 10.0 Å². The summed E-state index contributed by atoms with van der Waals surface area (Å²) in [5.41, 5.74) is 2.26. The monoisotopic (exact) mass is 430 g/mol. The molecule has 0 aromatic heterocycles. The van der Waals surface area contributed by atoms with E-state index in [2.05, 4.69) is 4.72 Å². The standard InChI is InChI=1S/C22H26N2O5S/c1-28-18-9-10-20(29-2)21(14-18)30(26,27)23-17-8-7-15-11-12-24(19(15)13-17)22(25)16-5-3-4-6-16/h7-10,13-14,16,23H,3-6,11-12H2,1-2H3. The van der Waals surface area contributed by atoms with E-state index in [-0.39, 0.29) is 22.5 Å². The van der Waals surface area contributed by atoms with Crippen LogP contribution < -0.4 is 19.1 Å². The number of ether oxygens (including phenoxy) is 2. The third-order valence-electron chi connectivity index (χ3n) is 5.86. The molecule has 1 amide bonds. The van der Waals surface area contributed by atoms with E-state index in [1.54, 1.807) is 24.3 Å². The number of nitrogens with zero attached hydrogens (tertiary/aromatic N) is 1. The number of sulfonamides is 1. The summed E-state index contributed by atoms with van der Waals surface area (Å²) < 4.78 is 39.1. The second-order valence-electron chi connectivity index (χ2n) is 7.69. The summed E-state index contributed by atoms with van der Waals surface area (Å²) >= 11 is 0. The van der Waals surface area contributed by atoms with Crippen LogP contribution in [0.1, 0.15) is 31.2 Å². The molecule has 0 atom stereocenters. The van der Waals surface area contributed by atoms with Gasteiger partial charge in [-0.15, -0.1) is 0 Å². The van der Waals surface area contributed by atoms with Crippen LogP contribution in [0.5, 0.6) is 11.5 Å². The molecule has 30 heavy (non-hydrogen) atoms. The van der Waals surface area contributed by atoms with Crippen LogP contribution in [-0.4, -0.2) is 35.1 Å². The lowest BCUT2D eigenvalue weighted by molar-refractivity contribution is -0.122. The van der Waals surface area contributed by atoms with Gasteiger partial charge >= 0.3 is 0 Å². The zero-order chi connectivity index (χ0) is 21.3. The van der Waals surface area contributed by atoms with Crippen LogP contribution in [0.3, 0.4) is 0 Å². The minimum Gasteiger partial charge on any atom is -0.497 e. The molecule has 2 aliphatic rings. The number of hydrogen-bond donors (Lipinski definition) is 1. The van der Waals surface area contributed by atoms with Crippen molar-refractivity contribution in [1.29, 1.82) is 0 Å². The van der Waals surface area contributed by atoms with Gasteiger partial charge in [0.05, 0.1) is 19.9 Å². The van der Waals surface area contributed by atoms with E-state index in [9.17, 15) is 13.2 Å². The molecule has 1 heterocycles. The highest BCUT2D eigenvalue weighted by molar-refractivity contribution is 7.92. The van der Waals surface area contributed by atoms with Crippen molar-refractivity contribution in [2.24, 2.45) is 5.92 Å². The highest BCUT2D eigenvalue weighted by Crippen LogP contribution is 2.36. The lowest BCUT2D eigenvalue weighted by atomic mass is 10.1. The first-order valence-electron chi connectivity index (χ1n) is 10.1. The maximum Gasteiger partial charge on any atom is 0.265 e. The van der Waals surface area contributed by atoms with Crippen molar-refractivity contribution in [3.63, 3.8) is 0 Å². The van der Waals surface area contributed by atoms with Crippen molar-refractivity contribution < 1.29 is 22.7 Å². The summed E-state index contributed by atoms with van der Waals surface area (Å²) in [4.78, 5) is 14.7. The lowest BCUT2D eigenvalue weighted by Crippen LogP contribution is -2.33. The Bertz CT molecular complexity index is 1060. The average Bonchev–Trinajstić information content (AvgIpc) is 3.42. The number of carbonyl (C=O) groups is 1. The third-order valence-corrected chi connectivity index (χ3v) is 7.27. The highest BCUT2D eigenvalue weighted by Gasteiger charge is 2.32. The zero-order valence-electron chi connectivity index (χ0n) is 17.2. The molecule has 0 bridgehead atoms. The SMILES string of the molecule is COc1ccc(OC)c(S(=O)(=O)Nc2ccc3c(c2)N(C(=O)C2CCCC2)CC3)c1. The third kappa shape index (κ3) is 3.84. The van der Waals surface area contributed by atoms with Crippen LogP contribution in [0.4, 0.5) is 11.4 Å². The number of benzene rings is 2. The number of methoxy groups -OCH3 is 2. The molecule has 1 fully saturated rings. The first kappa shape index (κ1) is 20.5. The van der Waals surface area contributed by atoms with Gasteiger partial charge in [-0.1, -0.05) is 18.9 Å². The molecule has 0 spiro atoms. The summed E-state index contributed by atoms with van der Waals surface area (Å²) in [6.45, 7) is 0.643. The fourth-order valence-electron chi connectivity index (χ4n) is 4.27. The Morgan fingerprint density at radius 1 is 1.07 bits per heavy atom. The molecule has 4 rings (SSSR count). The normalized spacial score (nSPS) is 16.4. The Labute approximate surface area is 177 Å². The Morgan fingerprint density at radius 3 is 2.53 bits per heavy atom. The molecule has 0 radical (unpaired) electrons. The van der Waals surface area contributed by atoms with Crippen molar-refractivity contribution in [2.75, 3.05) is 30.4 Å². The minimum absolute atomic E-state index is 0.0104. The van der Waals surface area contributed by atoms with Gasteiger partial charge in [0.2, 0.25) is 5.91 Å². The smallest absolute Gasteiger partial charge is 0.265 e.